The van der Waals surface area contributed by atoms with Crippen LogP contribution in [0.2, 0.25) is 0 Å². The van der Waals surface area contributed by atoms with E-state index in [2.05, 4.69) is 55.0 Å². The van der Waals surface area contributed by atoms with E-state index in [1.165, 1.54) is 18.2 Å². The molecule has 4 N–H and O–H groups in total. The van der Waals surface area contributed by atoms with E-state index in [4.69, 9.17) is 34.0 Å². The number of hydrogen-bond donors (Lipinski definition) is 3. The van der Waals surface area contributed by atoms with Gasteiger partial charge in [0.2, 0.25) is 11.1 Å². The molecule has 0 aliphatic heterocycles. The average Bonchev–Trinajstić information content (AvgIpc) is 4.47. The molecule has 3 aliphatic carbocycles. The van der Waals surface area contributed by atoms with Gasteiger partial charge in [-0.05, 0) is 160 Å². The summed E-state index contributed by atoms with van der Waals surface area (Å²) >= 11 is 11.2. The summed E-state index contributed by atoms with van der Waals surface area (Å²) in [5.74, 6) is -1.17. The third-order valence-electron chi connectivity index (χ3n) is 14.2. The molecular formula is C64H77Cl2F3N8O4. The molecule has 0 atom stereocenters. The molecule has 12 nitrogen and oxygen atoms in total. The van der Waals surface area contributed by atoms with Crippen LogP contribution in [-0.4, -0.2) is 84.3 Å². The lowest BCUT2D eigenvalue weighted by molar-refractivity contribution is -0.140. The number of aliphatic carboxylic acids is 1. The Balaban J connectivity index is 0.000000188. The number of halogens is 5. The van der Waals surface area contributed by atoms with Gasteiger partial charge in [-0.25, -0.2) is 22.5 Å². The van der Waals surface area contributed by atoms with Crippen LogP contribution in [0.3, 0.4) is 0 Å². The first-order chi connectivity index (χ1) is 38.3. The van der Waals surface area contributed by atoms with Crippen molar-refractivity contribution in [1.29, 1.82) is 0 Å². The molecule has 3 aliphatic rings. The van der Waals surface area contributed by atoms with Gasteiger partial charge < -0.3 is 21.1 Å². The molecule has 3 fully saturated rings. The van der Waals surface area contributed by atoms with Crippen molar-refractivity contribution in [2.45, 2.75) is 129 Å². The number of carboxylic acids is 1. The number of carboxylic acid groups (broad SMARTS) is 1. The summed E-state index contributed by atoms with van der Waals surface area (Å²) in [6.45, 7) is 20.2. The minimum atomic E-state index is -0.925. The maximum Gasteiger partial charge on any atom is 0.314 e. The highest BCUT2D eigenvalue weighted by Gasteiger charge is 2.54. The molecule has 2 aromatic heterocycles. The van der Waals surface area contributed by atoms with Gasteiger partial charge >= 0.3 is 5.97 Å². The van der Waals surface area contributed by atoms with Gasteiger partial charge in [-0.1, -0.05) is 110 Å². The van der Waals surface area contributed by atoms with Crippen LogP contribution < -0.4 is 11.1 Å². The van der Waals surface area contributed by atoms with Crippen LogP contribution in [0.25, 0.3) is 11.4 Å². The summed E-state index contributed by atoms with van der Waals surface area (Å²) in [5, 5.41) is 20.8. The Morgan fingerprint density at radius 2 is 0.988 bits per heavy atom. The lowest BCUT2D eigenvalue weighted by atomic mass is 9.94. The van der Waals surface area contributed by atoms with Gasteiger partial charge in [0, 0.05) is 66.4 Å². The molecule has 17 heteroatoms. The highest BCUT2D eigenvalue weighted by Crippen LogP contribution is 2.51. The Labute approximate surface area is 485 Å². The number of nitrogens with zero attached hydrogens (tertiary/aromatic N) is 6. The number of benzene rings is 5. The third kappa shape index (κ3) is 16.9. The number of carbonyl (C=O) groups is 3. The molecule has 0 unspecified atom stereocenters. The van der Waals surface area contributed by atoms with E-state index >= 15 is 0 Å². The van der Waals surface area contributed by atoms with E-state index in [0.29, 0.717) is 78.9 Å². The zero-order chi connectivity index (χ0) is 59.8. The number of hydrogen-bond acceptors (Lipinski definition) is 8. The molecule has 5 aromatic carbocycles. The maximum absolute atomic E-state index is 14.1. The number of carbonyl (C=O) groups excluding carboxylic acids is 2. The van der Waals surface area contributed by atoms with Gasteiger partial charge in [-0.15, -0.1) is 5.10 Å². The van der Waals surface area contributed by atoms with Crippen molar-refractivity contribution in [1.82, 2.24) is 29.4 Å². The van der Waals surface area contributed by atoms with Crippen LogP contribution in [0.15, 0.2) is 156 Å². The van der Waals surface area contributed by atoms with Crippen molar-refractivity contribution >= 4 is 52.0 Å². The predicted molar refractivity (Wildman–Crippen MR) is 321 cm³/mol. The summed E-state index contributed by atoms with van der Waals surface area (Å²) in [6.07, 6.45) is 3.72. The van der Waals surface area contributed by atoms with Crippen molar-refractivity contribution in [3.05, 3.63) is 202 Å². The van der Waals surface area contributed by atoms with Crippen LogP contribution in [0.5, 0.6) is 0 Å². The zero-order valence-corrected chi connectivity index (χ0v) is 49.8. The van der Waals surface area contributed by atoms with Crippen molar-refractivity contribution in [3.63, 3.8) is 0 Å². The molecule has 0 radical (unpaired) electrons. The van der Waals surface area contributed by atoms with Gasteiger partial charge in [-0.3, -0.25) is 19.3 Å². The van der Waals surface area contributed by atoms with Crippen molar-refractivity contribution in [3.8, 4) is 11.4 Å². The standard InChI is InChI=1S/C20H18FN3O.C10H8ClFO.C10H9FO2.C10H11N3.C8H19N.C6H12ClN/c1-14-13-18(23-24(14)15-7-3-2-4-8-15)22-19(25)20(11-12-20)16-9-5-6-10-17(16)21;11-9(13)10(5-6-10)7-3-1-2-4-8(7)12;11-8-4-2-1-3-7(8)10(5-6-10)9(12)13;1-8-7-10(11)12-13(8)9-5-3-2-4-6-9;1-6-9(7(2)3)8(4)5;1-5(2)6(7)8(3)4/h2-10,13H,11-12H2,1H3,(H,22,23,25);1-4H,5-6H2;1-4H,5-6H2,(H,12,13);2-7H,1H3,(H2,11,12);7-8H,6H2,1-5H3;1-4H3. The van der Waals surface area contributed by atoms with Gasteiger partial charge in [0.1, 0.15) is 28.4 Å². The summed E-state index contributed by atoms with van der Waals surface area (Å²) in [7, 11) is 3.85. The van der Waals surface area contributed by atoms with Gasteiger partial charge in [-0.2, -0.15) is 5.10 Å². The predicted octanol–water partition coefficient (Wildman–Crippen LogP) is 14.5. The summed E-state index contributed by atoms with van der Waals surface area (Å²) in [4.78, 5) is 39.1. The van der Waals surface area contributed by atoms with Gasteiger partial charge in [0.15, 0.2) is 5.82 Å². The Kier molecular flexibility index (Phi) is 23.1. The summed E-state index contributed by atoms with van der Waals surface area (Å²) in [6, 6.07) is 43.6. The zero-order valence-electron chi connectivity index (χ0n) is 48.3. The van der Waals surface area contributed by atoms with Crippen LogP contribution in [-0.2, 0) is 30.6 Å². The molecule has 3 saturated carbocycles. The molecular weight excluding hydrogens is 1070 g/mol. The Morgan fingerprint density at radius 1 is 0.617 bits per heavy atom. The van der Waals surface area contributed by atoms with E-state index in [0.717, 1.165) is 40.0 Å². The molecule has 10 rings (SSSR count). The molecule has 1 amide bonds. The molecule has 0 bridgehead atoms. The number of aromatic nitrogens is 4. The first-order valence-corrected chi connectivity index (χ1v) is 27.9. The topological polar surface area (TPSA) is 152 Å². The smallest absolute Gasteiger partial charge is 0.314 e. The molecule has 81 heavy (non-hydrogen) atoms. The SMILES string of the molecule is CC(C)=C(Cl)N(C)C.CCN(C(C)C)C(C)C.Cc1cc(N)nn1-c1ccccc1.Cc1cc(NC(=O)C2(c3ccccc3F)CC2)nn1-c1ccccc1.O=C(Cl)C1(c2ccccc2F)CC1.O=C(O)C1(c2ccccc2F)CC1. The maximum atomic E-state index is 14.1. The van der Waals surface area contributed by atoms with E-state index in [9.17, 15) is 27.6 Å². The number of aryl methyl sites for hydroxylation is 2. The minimum Gasteiger partial charge on any atom is -0.481 e. The highest BCUT2D eigenvalue weighted by atomic mass is 35.5. The molecule has 0 spiro atoms. The summed E-state index contributed by atoms with van der Waals surface area (Å²) < 4.78 is 44.2. The van der Waals surface area contributed by atoms with E-state index < -0.39 is 33.3 Å². The average molecular weight is 1150 g/mol. The van der Waals surface area contributed by atoms with Crippen LogP contribution in [0.4, 0.5) is 24.8 Å². The fourth-order valence-corrected chi connectivity index (χ4v) is 9.71. The molecule has 7 aromatic rings. The first-order valence-electron chi connectivity index (χ1n) is 27.1. The van der Waals surface area contributed by atoms with Crippen molar-refractivity contribution in [2.75, 3.05) is 31.7 Å². The number of amides is 1. The van der Waals surface area contributed by atoms with Crippen LogP contribution >= 0.6 is 23.2 Å². The second-order valence-electron chi connectivity index (χ2n) is 21.3. The first kappa shape index (κ1) is 64.6. The van der Waals surface area contributed by atoms with Crippen molar-refractivity contribution < 1.29 is 32.7 Å². The normalized spacial score (nSPS) is 14.3. The van der Waals surface area contributed by atoms with Gasteiger partial charge in [0.05, 0.1) is 27.6 Å². The van der Waals surface area contributed by atoms with Crippen LogP contribution in [0.1, 0.15) is 115 Å². The highest BCUT2D eigenvalue weighted by molar-refractivity contribution is 6.66. The van der Waals surface area contributed by atoms with E-state index in [1.54, 1.807) is 59.3 Å². The Morgan fingerprint density at radius 3 is 1.28 bits per heavy atom. The largest absolute Gasteiger partial charge is 0.481 e. The minimum absolute atomic E-state index is 0.199. The number of nitrogen functional groups attached to an aromatic ring is 1. The lowest BCUT2D eigenvalue weighted by Crippen LogP contribution is -2.36. The molecule has 432 valence electrons. The fourth-order valence-electron chi connectivity index (χ4n) is 9.42. The van der Waals surface area contributed by atoms with E-state index in [-0.39, 0.29) is 17.5 Å². The Hall–Kier alpha value is -7.20. The van der Waals surface area contributed by atoms with Crippen LogP contribution in [0, 0.1) is 31.3 Å². The second-order valence-corrected chi connectivity index (χ2v) is 22.0. The molecule has 0 saturated heterocycles. The number of para-hydroxylation sites is 2. The number of nitrogens with one attached hydrogen (secondary N) is 1. The monoisotopic (exact) mass is 1150 g/mol. The number of anilines is 2. The summed E-state index contributed by atoms with van der Waals surface area (Å²) in [5.41, 5.74) is 9.48. The fraction of sp³-hybridized carbons (Fsp3) is 0.359. The van der Waals surface area contributed by atoms with Crippen molar-refractivity contribution in [2.24, 2.45) is 0 Å². The Bertz CT molecular complexity index is 3140. The number of rotatable bonds is 13. The number of allylic oxidation sites excluding steroid dienone is 1. The lowest BCUT2D eigenvalue weighted by Gasteiger charge is -2.28. The van der Waals surface area contributed by atoms with Gasteiger partial charge in [0.25, 0.3) is 0 Å². The number of nitrogens with two attached hydrogens (primary N) is 1. The van der Waals surface area contributed by atoms with E-state index in [1.807, 2.05) is 124 Å². The third-order valence-corrected chi connectivity index (χ3v) is 15.3. The second kappa shape index (κ2) is 29.0. The quantitative estimate of drug-likeness (QED) is 0.0757. The molecule has 2 heterocycles.